The molecule has 220 valence electrons. The van der Waals surface area contributed by atoms with Crippen molar-refractivity contribution in [3.63, 3.8) is 0 Å². The Morgan fingerprint density at radius 1 is 0.949 bits per heavy atom. The molecule has 10 heteroatoms. The molecule has 0 aromatic rings. The molecule has 39 heavy (non-hydrogen) atoms. The van der Waals surface area contributed by atoms with E-state index < -0.39 is 52.9 Å². The third-order valence-electron chi connectivity index (χ3n) is 10.3. The topological polar surface area (TPSA) is 80.3 Å². The number of carbonyl (C=O) groups is 2. The molecular formula is C29H50O7Si3. The number of ether oxygens (including phenoxy) is 2. The van der Waals surface area contributed by atoms with Crippen LogP contribution in [0.5, 0.6) is 0 Å². The Kier molecular flexibility index (Phi) is 6.57. The second kappa shape index (κ2) is 8.63. The zero-order valence-corrected chi connectivity index (χ0v) is 29.0. The normalized spacial score (nSPS) is 45.2. The number of carbonyl (C=O) groups excluding carboxylic acids is 2. The van der Waals surface area contributed by atoms with Crippen molar-refractivity contribution in [1.82, 2.24) is 0 Å². The van der Waals surface area contributed by atoms with Crippen LogP contribution in [0.25, 0.3) is 0 Å². The first-order valence-corrected chi connectivity index (χ1v) is 25.0. The summed E-state index contributed by atoms with van der Waals surface area (Å²) in [6.07, 6.45) is 3.08. The van der Waals surface area contributed by atoms with Crippen LogP contribution in [0, 0.1) is 28.6 Å². The third-order valence-corrected chi connectivity index (χ3v) is 13.2. The van der Waals surface area contributed by atoms with E-state index in [1.54, 1.807) is 0 Å². The monoisotopic (exact) mass is 594 g/mol. The summed E-state index contributed by atoms with van der Waals surface area (Å²) in [4.78, 5) is 28.1. The van der Waals surface area contributed by atoms with E-state index in [-0.39, 0.29) is 36.0 Å². The van der Waals surface area contributed by atoms with Gasteiger partial charge in [0, 0.05) is 17.3 Å². The number of hydrogen-bond donors (Lipinski definition) is 0. The highest BCUT2D eigenvalue weighted by molar-refractivity contribution is 6.70. The summed E-state index contributed by atoms with van der Waals surface area (Å²) in [5.41, 5.74) is -1.84. The molecule has 0 radical (unpaired) electrons. The summed E-state index contributed by atoms with van der Waals surface area (Å²) in [6.45, 7) is 26.4. The largest absolute Gasteiger partial charge is 0.469 e. The molecule has 0 aromatic carbocycles. The maximum Gasteiger partial charge on any atom is 0.315 e. The van der Waals surface area contributed by atoms with Crippen LogP contribution in [0.15, 0.2) is 12.2 Å². The van der Waals surface area contributed by atoms with Crippen molar-refractivity contribution in [2.45, 2.75) is 121 Å². The van der Waals surface area contributed by atoms with Gasteiger partial charge in [0.15, 0.2) is 25.0 Å². The van der Waals surface area contributed by atoms with Crippen molar-refractivity contribution >= 4 is 36.9 Å². The van der Waals surface area contributed by atoms with E-state index in [0.717, 1.165) is 24.8 Å². The minimum atomic E-state index is -2.09. The molecular weight excluding hydrogens is 545 g/mol. The van der Waals surface area contributed by atoms with Gasteiger partial charge in [0.2, 0.25) is 0 Å². The van der Waals surface area contributed by atoms with Crippen LogP contribution in [0.1, 0.15) is 39.0 Å². The Balaban J connectivity index is 1.74. The van der Waals surface area contributed by atoms with Crippen LogP contribution in [0.2, 0.25) is 58.9 Å². The van der Waals surface area contributed by atoms with E-state index in [9.17, 15) is 9.59 Å². The molecule has 5 fully saturated rings. The molecule has 4 saturated carbocycles. The summed E-state index contributed by atoms with van der Waals surface area (Å²) in [5.74, 6) is -1.43. The molecule has 1 aliphatic heterocycles. The van der Waals surface area contributed by atoms with Crippen LogP contribution >= 0.6 is 0 Å². The van der Waals surface area contributed by atoms with E-state index in [0.29, 0.717) is 12.8 Å². The second-order valence-electron chi connectivity index (χ2n) is 16.1. The molecule has 7 nitrogen and oxygen atoms in total. The van der Waals surface area contributed by atoms with Crippen LogP contribution in [-0.4, -0.2) is 67.4 Å². The zero-order valence-electron chi connectivity index (χ0n) is 26.0. The fourth-order valence-corrected chi connectivity index (χ4v) is 13.4. The summed E-state index contributed by atoms with van der Waals surface area (Å²) < 4.78 is 33.1. The van der Waals surface area contributed by atoms with Gasteiger partial charge in [-0.3, -0.25) is 9.59 Å². The lowest BCUT2D eigenvalue weighted by Crippen LogP contribution is -2.56. The minimum absolute atomic E-state index is 0.0309. The third kappa shape index (κ3) is 4.09. The van der Waals surface area contributed by atoms with E-state index in [2.05, 4.69) is 65.5 Å². The molecule has 5 rings (SSSR count). The molecule has 5 aliphatic rings. The number of fused-ring (bicyclic) bond motifs is 1. The predicted octanol–water partition coefficient (Wildman–Crippen LogP) is 5.89. The van der Waals surface area contributed by atoms with Gasteiger partial charge in [0.25, 0.3) is 0 Å². The molecule has 0 amide bonds. The predicted molar refractivity (Wildman–Crippen MR) is 158 cm³/mol. The highest BCUT2D eigenvalue weighted by Gasteiger charge is 2.87. The van der Waals surface area contributed by atoms with Gasteiger partial charge in [0.05, 0.1) is 36.3 Å². The number of hydrogen-bond acceptors (Lipinski definition) is 7. The Morgan fingerprint density at radius 3 is 2.10 bits per heavy atom. The Bertz CT molecular complexity index is 1090. The smallest absolute Gasteiger partial charge is 0.315 e. The number of methoxy groups -OCH3 is 1. The number of esters is 2. The molecule has 4 bridgehead atoms. The lowest BCUT2D eigenvalue weighted by molar-refractivity contribution is -0.168. The van der Waals surface area contributed by atoms with Crippen LogP contribution in [-0.2, 0) is 32.3 Å². The maximum atomic E-state index is 14.1. The standard InChI is InChI=1S/C29H50O7Si3/c1-18-23(35-38(7,8)9)28-17-27(18,36-39(10,11)12)15-13-19(28)29-16-14-20(34-37(4,5)6)26(2,25(31)33-29)22(29)21(28)24(30)32-3/h19-23H,1,13-17H2,2-12H3/t19?,20-,21+,22?,23+,26?,27-,28+,29+/m0/s1. The van der Waals surface area contributed by atoms with Crippen molar-refractivity contribution in [3.05, 3.63) is 12.2 Å². The summed E-state index contributed by atoms with van der Waals surface area (Å²) in [5, 5.41) is 0. The van der Waals surface area contributed by atoms with E-state index in [1.165, 1.54) is 7.11 Å². The van der Waals surface area contributed by atoms with E-state index >= 15 is 0 Å². The highest BCUT2D eigenvalue weighted by Crippen LogP contribution is 2.79. The Labute approximate surface area is 238 Å². The van der Waals surface area contributed by atoms with Gasteiger partial charge in [-0.1, -0.05) is 6.58 Å². The average Bonchev–Trinajstić information content (AvgIpc) is 3.18. The van der Waals surface area contributed by atoms with Gasteiger partial charge in [-0.05, 0) is 104 Å². The van der Waals surface area contributed by atoms with E-state index in [1.807, 2.05) is 6.92 Å². The van der Waals surface area contributed by atoms with Gasteiger partial charge in [-0.25, -0.2) is 0 Å². The van der Waals surface area contributed by atoms with Gasteiger partial charge in [-0.15, -0.1) is 0 Å². The molecule has 1 heterocycles. The highest BCUT2D eigenvalue weighted by atomic mass is 28.4. The molecule has 1 saturated heterocycles. The summed E-state index contributed by atoms with van der Waals surface area (Å²) >= 11 is 0. The minimum Gasteiger partial charge on any atom is -0.469 e. The van der Waals surface area contributed by atoms with Gasteiger partial charge in [0.1, 0.15) is 5.60 Å². The Hall–Kier alpha value is -0.789. The number of rotatable bonds is 7. The zero-order chi connectivity index (χ0) is 29.2. The van der Waals surface area contributed by atoms with Crippen molar-refractivity contribution in [2.75, 3.05) is 7.11 Å². The van der Waals surface area contributed by atoms with Crippen LogP contribution in [0.3, 0.4) is 0 Å². The van der Waals surface area contributed by atoms with Crippen molar-refractivity contribution in [3.8, 4) is 0 Å². The van der Waals surface area contributed by atoms with Crippen molar-refractivity contribution < 1.29 is 32.3 Å². The Morgan fingerprint density at radius 2 is 1.56 bits per heavy atom. The summed E-state index contributed by atoms with van der Waals surface area (Å²) in [6, 6.07) is 0. The van der Waals surface area contributed by atoms with Crippen molar-refractivity contribution in [2.24, 2.45) is 28.6 Å². The first-order chi connectivity index (χ1) is 17.7. The van der Waals surface area contributed by atoms with Crippen LogP contribution < -0.4 is 0 Å². The SMILES string of the molecule is C=C1[C@@H](O[Si](C)(C)C)[C@]23C[C@@]1(O[Si](C)(C)C)CCC2[C@@]12CC[C@H](O[Si](C)(C)C)C(C)(C(=O)O1)C2[C@@H]3C(=O)OC. The molecule has 0 N–H and O–H groups in total. The average molecular weight is 595 g/mol. The van der Waals surface area contributed by atoms with Gasteiger partial charge < -0.3 is 22.8 Å². The maximum absolute atomic E-state index is 14.1. The second-order valence-corrected chi connectivity index (χ2v) is 29.4. The molecule has 1 spiro atoms. The molecule has 4 aliphatic carbocycles. The van der Waals surface area contributed by atoms with Crippen LogP contribution in [0.4, 0.5) is 0 Å². The lowest BCUT2D eigenvalue weighted by Gasteiger charge is -2.49. The first-order valence-electron chi connectivity index (χ1n) is 14.7. The molecule has 0 aromatic heterocycles. The first kappa shape index (κ1) is 29.7. The van der Waals surface area contributed by atoms with E-state index in [4.69, 9.17) is 22.8 Å². The molecule has 3 unspecified atom stereocenters. The quantitative estimate of drug-likeness (QED) is 0.207. The summed E-state index contributed by atoms with van der Waals surface area (Å²) in [7, 11) is -4.60. The molecule has 9 atom stereocenters. The fraction of sp³-hybridized carbons (Fsp3) is 0.862. The fourth-order valence-electron chi connectivity index (χ4n) is 9.59. The van der Waals surface area contributed by atoms with Gasteiger partial charge in [-0.2, -0.15) is 0 Å². The lowest BCUT2D eigenvalue weighted by atomic mass is 9.59. The van der Waals surface area contributed by atoms with Crippen molar-refractivity contribution in [1.29, 1.82) is 0 Å². The van der Waals surface area contributed by atoms with Gasteiger partial charge >= 0.3 is 11.9 Å².